The fraction of sp³-hybridized carbons (Fsp3) is 0.667. The zero-order valence-corrected chi connectivity index (χ0v) is 9.53. The summed E-state index contributed by atoms with van der Waals surface area (Å²) in [4.78, 5) is 10.5. The first-order valence-corrected chi connectivity index (χ1v) is 6.10. The number of aryl methyl sites for hydroxylation is 1. The van der Waals surface area contributed by atoms with Gasteiger partial charge in [0.1, 0.15) is 0 Å². The second-order valence-corrected chi connectivity index (χ2v) is 4.36. The minimum absolute atomic E-state index is 0.00792. The molecule has 1 aromatic rings. The molecule has 1 heterocycles. The van der Waals surface area contributed by atoms with Crippen molar-refractivity contribution < 1.29 is 9.90 Å². The second kappa shape index (κ2) is 6.44. The predicted molar refractivity (Wildman–Crippen MR) is 59.2 cm³/mol. The molecule has 0 aliphatic heterocycles. The Morgan fingerprint density at radius 1 is 1.60 bits per heavy atom. The van der Waals surface area contributed by atoms with Crippen molar-refractivity contribution >= 4 is 17.7 Å². The van der Waals surface area contributed by atoms with Crippen molar-refractivity contribution in [3.05, 3.63) is 11.9 Å². The molecule has 0 aliphatic carbocycles. The van der Waals surface area contributed by atoms with Gasteiger partial charge >= 0.3 is 5.97 Å². The van der Waals surface area contributed by atoms with Crippen LogP contribution in [0.5, 0.6) is 0 Å². The number of unbranched alkanes of at least 4 members (excludes halogenated alkanes) is 1. The molecule has 0 saturated heterocycles. The van der Waals surface area contributed by atoms with E-state index in [1.165, 1.54) is 19.0 Å². The van der Waals surface area contributed by atoms with Crippen molar-refractivity contribution in [1.29, 1.82) is 0 Å². The topological polar surface area (TPSA) is 68.0 Å². The second-order valence-electron chi connectivity index (χ2n) is 3.14. The van der Waals surface area contributed by atoms with Crippen LogP contribution in [0, 0.1) is 0 Å². The molecule has 0 bridgehead atoms. The number of carboxylic acid groups (broad SMARTS) is 1. The van der Waals surface area contributed by atoms with Crippen molar-refractivity contribution in [2.24, 2.45) is 0 Å². The van der Waals surface area contributed by atoms with E-state index in [9.17, 15) is 4.79 Å². The molecule has 0 saturated carbocycles. The number of rotatable bonds is 7. The Morgan fingerprint density at radius 3 is 3.00 bits per heavy atom. The fourth-order valence-electron chi connectivity index (χ4n) is 1.01. The number of aromatic nitrogens is 3. The maximum atomic E-state index is 10.5. The first-order chi connectivity index (χ1) is 7.24. The van der Waals surface area contributed by atoms with Crippen molar-refractivity contribution in [3.63, 3.8) is 0 Å². The highest BCUT2D eigenvalue weighted by Gasteiger charge is 2.07. The largest absolute Gasteiger partial charge is 0.476 e. The van der Waals surface area contributed by atoms with Crippen LogP contribution in [0.2, 0.25) is 0 Å². The molecule has 5 nitrogen and oxygen atoms in total. The molecule has 0 fully saturated rings. The first-order valence-electron chi connectivity index (χ1n) is 4.95. The normalized spacial score (nSPS) is 10.5. The number of carbonyl (C=O) groups is 1. The predicted octanol–water partition coefficient (Wildman–Crippen LogP) is 1.51. The Balaban J connectivity index is 2.23. The summed E-state index contributed by atoms with van der Waals surface area (Å²) in [6, 6.07) is 0. The van der Waals surface area contributed by atoms with Gasteiger partial charge in [-0.2, -0.15) is 11.8 Å². The summed E-state index contributed by atoms with van der Waals surface area (Å²) in [7, 11) is 0. The van der Waals surface area contributed by atoms with E-state index < -0.39 is 5.97 Å². The number of nitrogens with zero attached hydrogens (tertiary/aromatic N) is 3. The van der Waals surface area contributed by atoms with Crippen molar-refractivity contribution in [2.45, 2.75) is 26.3 Å². The summed E-state index contributed by atoms with van der Waals surface area (Å²) in [6.07, 6.45) is 3.89. The molecule has 0 unspecified atom stereocenters. The standard InChI is InChI=1S/C9H15N3O2S/c1-2-3-5-15-6-4-12-7-8(9(13)14)10-11-12/h7H,2-6H2,1H3,(H,13,14). The van der Waals surface area contributed by atoms with E-state index in [1.807, 2.05) is 11.8 Å². The fourth-order valence-corrected chi connectivity index (χ4v) is 2.03. The molecule has 1 rings (SSSR count). The lowest BCUT2D eigenvalue weighted by Gasteiger charge is -1.99. The maximum absolute atomic E-state index is 10.5. The molecule has 0 aliphatic rings. The highest BCUT2D eigenvalue weighted by molar-refractivity contribution is 7.99. The van der Waals surface area contributed by atoms with Crippen molar-refractivity contribution in [1.82, 2.24) is 15.0 Å². The SMILES string of the molecule is CCCCSCCn1cc(C(=O)O)nn1. The summed E-state index contributed by atoms with van der Waals surface area (Å²) >= 11 is 1.85. The average molecular weight is 229 g/mol. The van der Waals surface area contributed by atoms with Crippen LogP contribution in [-0.2, 0) is 6.54 Å². The third-order valence-corrected chi connectivity index (χ3v) is 2.91. The van der Waals surface area contributed by atoms with Crippen LogP contribution in [0.25, 0.3) is 0 Å². The summed E-state index contributed by atoms with van der Waals surface area (Å²) in [5.74, 6) is 1.07. The molecule has 6 heteroatoms. The third kappa shape index (κ3) is 4.33. The molecule has 0 radical (unpaired) electrons. The van der Waals surface area contributed by atoms with E-state index in [0.29, 0.717) is 6.54 Å². The van der Waals surface area contributed by atoms with Gasteiger partial charge in [0.15, 0.2) is 5.69 Å². The van der Waals surface area contributed by atoms with Gasteiger partial charge in [-0.1, -0.05) is 18.6 Å². The minimum atomic E-state index is -1.03. The number of hydrogen-bond donors (Lipinski definition) is 1. The number of thioether (sulfide) groups is 1. The Labute approximate surface area is 92.9 Å². The molecule has 1 aromatic heterocycles. The summed E-state index contributed by atoms with van der Waals surface area (Å²) in [5, 5.41) is 15.9. The van der Waals surface area contributed by atoms with Gasteiger partial charge in [0.2, 0.25) is 0 Å². The quantitative estimate of drug-likeness (QED) is 0.718. The summed E-state index contributed by atoms with van der Waals surface area (Å²) in [5.41, 5.74) is 0.00792. The van der Waals surface area contributed by atoms with Gasteiger partial charge in [-0.25, -0.2) is 4.79 Å². The lowest BCUT2D eigenvalue weighted by molar-refractivity contribution is 0.0690. The van der Waals surface area contributed by atoms with Crippen LogP contribution in [0.4, 0.5) is 0 Å². The molecule has 0 atom stereocenters. The van der Waals surface area contributed by atoms with E-state index in [4.69, 9.17) is 5.11 Å². The van der Waals surface area contributed by atoms with Crippen LogP contribution in [0.1, 0.15) is 30.3 Å². The van der Waals surface area contributed by atoms with Gasteiger partial charge in [0.05, 0.1) is 12.7 Å². The van der Waals surface area contributed by atoms with Gasteiger partial charge in [-0.3, -0.25) is 4.68 Å². The molecule has 0 spiro atoms. The van der Waals surface area contributed by atoms with Crippen LogP contribution in [0.3, 0.4) is 0 Å². The van der Waals surface area contributed by atoms with Gasteiger partial charge < -0.3 is 5.11 Å². The molecule has 0 aromatic carbocycles. The van der Waals surface area contributed by atoms with Crippen molar-refractivity contribution in [2.75, 3.05) is 11.5 Å². The Morgan fingerprint density at radius 2 is 2.40 bits per heavy atom. The first kappa shape index (κ1) is 12.0. The number of aromatic carboxylic acids is 1. The number of hydrogen-bond acceptors (Lipinski definition) is 4. The highest BCUT2D eigenvalue weighted by Crippen LogP contribution is 2.05. The van der Waals surface area contributed by atoms with Gasteiger partial charge in [0.25, 0.3) is 0 Å². The monoisotopic (exact) mass is 229 g/mol. The third-order valence-electron chi connectivity index (χ3n) is 1.86. The highest BCUT2D eigenvalue weighted by atomic mass is 32.2. The molecule has 1 N–H and O–H groups in total. The lowest BCUT2D eigenvalue weighted by Crippen LogP contribution is -2.01. The molecule has 0 amide bonds. The van der Waals surface area contributed by atoms with Crippen LogP contribution in [0.15, 0.2) is 6.20 Å². The number of carboxylic acids is 1. The summed E-state index contributed by atoms with van der Waals surface area (Å²) < 4.78 is 1.57. The zero-order chi connectivity index (χ0) is 11.1. The van der Waals surface area contributed by atoms with Crippen LogP contribution >= 0.6 is 11.8 Å². The van der Waals surface area contributed by atoms with E-state index in [2.05, 4.69) is 17.2 Å². The minimum Gasteiger partial charge on any atom is -0.476 e. The van der Waals surface area contributed by atoms with Crippen LogP contribution < -0.4 is 0 Å². The summed E-state index contributed by atoms with van der Waals surface area (Å²) in [6.45, 7) is 2.88. The van der Waals surface area contributed by atoms with E-state index in [1.54, 1.807) is 4.68 Å². The Bertz CT molecular complexity index is 314. The van der Waals surface area contributed by atoms with Gasteiger partial charge in [-0.05, 0) is 12.2 Å². The van der Waals surface area contributed by atoms with Gasteiger partial charge in [-0.15, -0.1) is 5.10 Å². The Kier molecular flexibility index (Phi) is 5.17. The molecule has 84 valence electrons. The van der Waals surface area contributed by atoms with Crippen molar-refractivity contribution in [3.8, 4) is 0 Å². The van der Waals surface area contributed by atoms with Gasteiger partial charge in [0, 0.05) is 5.75 Å². The van der Waals surface area contributed by atoms with Crippen LogP contribution in [-0.4, -0.2) is 37.6 Å². The lowest BCUT2D eigenvalue weighted by atomic mass is 10.4. The van der Waals surface area contributed by atoms with E-state index >= 15 is 0 Å². The average Bonchev–Trinajstić information content (AvgIpc) is 2.66. The van der Waals surface area contributed by atoms with E-state index in [-0.39, 0.29) is 5.69 Å². The zero-order valence-electron chi connectivity index (χ0n) is 8.72. The molecular weight excluding hydrogens is 214 g/mol. The Hall–Kier alpha value is -1.04. The van der Waals surface area contributed by atoms with E-state index in [0.717, 1.165) is 11.5 Å². The molecular formula is C9H15N3O2S. The maximum Gasteiger partial charge on any atom is 0.358 e. The smallest absolute Gasteiger partial charge is 0.358 e. The molecule has 15 heavy (non-hydrogen) atoms.